The molecule has 2 aromatic rings. The van der Waals surface area contributed by atoms with Gasteiger partial charge < -0.3 is 4.84 Å². The number of hydroxylamine groups is 2. The first-order valence-electron chi connectivity index (χ1n) is 7.24. The number of hydrogen-bond acceptors (Lipinski definition) is 5. The summed E-state index contributed by atoms with van der Waals surface area (Å²) in [6, 6.07) is 9.14. The fraction of sp³-hybridized carbons (Fsp3) is 0.118. The van der Waals surface area contributed by atoms with Crippen LogP contribution >= 0.6 is 11.8 Å². The van der Waals surface area contributed by atoms with Gasteiger partial charge in [-0.3, -0.25) is 9.59 Å². The quantitative estimate of drug-likeness (QED) is 0.603. The molecule has 8 heteroatoms. The summed E-state index contributed by atoms with van der Waals surface area (Å²) in [5.74, 6) is -3.32. The lowest BCUT2D eigenvalue weighted by Crippen LogP contribution is -2.32. The lowest BCUT2D eigenvalue weighted by Gasteiger charge is -2.12. The normalized spacial score (nSPS) is 13.1. The molecule has 0 N–H and O–H groups in total. The number of fused-ring (bicyclic) bond motifs is 1. The Morgan fingerprint density at radius 1 is 1.04 bits per heavy atom. The van der Waals surface area contributed by atoms with E-state index in [1.165, 1.54) is 12.1 Å². The number of rotatable bonds is 5. The number of halogens is 2. The molecule has 0 fully saturated rings. The van der Waals surface area contributed by atoms with Crippen LogP contribution in [-0.2, 0) is 9.63 Å². The summed E-state index contributed by atoms with van der Waals surface area (Å²) in [4.78, 5) is 40.8. The Bertz CT molecular complexity index is 836. The molecular formula is C17H11F2NO4S. The van der Waals surface area contributed by atoms with Gasteiger partial charge in [0.1, 0.15) is 11.6 Å². The largest absolute Gasteiger partial charge is 0.334 e. The van der Waals surface area contributed by atoms with Crippen LogP contribution in [-0.4, -0.2) is 28.6 Å². The van der Waals surface area contributed by atoms with Gasteiger partial charge in [0.05, 0.1) is 17.5 Å². The lowest BCUT2D eigenvalue weighted by molar-refractivity contribution is -0.167. The van der Waals surface area contributed by atoms with Gasteiger partial charge >= 0.3 is 5.97 Å². The van der Waals surface area contributed by atoms with Crippen LogP contribution in [0, 0.1) is 11.6 Å². The Kier molecular flexibility index (Phi) is 4.80. The highest BCUT2D eigenvalue weighted by Crippen LogP contribution is 2.25. The number of nitrogens with zero attached hydrogens (tertiary/aromatic N) is 1. The third kappa shape index (κ3) is 3.53. The van der Waals surface area contributed by atoms with Crippen molar-refractivity contribution in [3.63, 3.8) is 0 Å². The zero-order chi connectivity index (χ0) is 18.0. The number of carbonyl (C=O) groups excluding carboxylic acids is 3. The molecule has 5 nitrogen and oxygen atoms in total. The summed E-state index contributed by atoms with van der Waals surface area (Å²) in [7, 11) is 0. The summed E-state index contributed by atoms with van der Waals surface area (Å²) in [5.41, 5.74) is 0.327. The van der Waals surface area contributed by atoms with Crippen molar-refractivity contribution in [3.05, 3.63) is 65.2 Å². The van der Waals surface area contributed by atoms with Gasteiger partial charge in [-0.25, -0.2) is 13.6 Å². The highest BCUT2D eigenvalue weighted by atomic mass is 32.2. The van der Waals surface area contributed by atoms with Crippen molar-refractivity contribution in [2.75, 3.05) is 5.75 Å². The third-order valence-corrected chi connectivity index (χ3v) is 4.44. The van der Waals surface area contributed by atoms with E-state index in [0.717, 1.165) is 30.0 Å². The van der Waals surface area contributed by atoms with E-state index in [2.05, 4.69) is 0 Å². The molecule has 0 radical (unpaired) electrons. The maximum atomic E-state index is 13.5. The monoisotopic (exact) mass is 363 g/mol. The van der Waals surface area contributed by atoms with Crippen molar-refractivity contribution in [1.29, 1.82) is 0 Å². The highest BCUT2D eigenvalue weighted by Gasteiger charge is 2.38. The van der Waals surface area contributed by atoms with Gasteiger partial charge in [0.15, 0.2) is 0 Å². The second-order valence-electron chi connectivity index (χ2n) is 5.09. The molecule has 3 rings (SSSR count). The van der Waals surface area contributed by atoms with Gasteiger partial charge in [0, 0.05) is 10.6 Å². The number of benzene rings is 2. The van der Waals surface area contributed by atoms with Crippen molar-refractivity contribution < 1.29 is 28.0 Å². The Morgan fingerprint density at radius 3 is 2.32 bits per heavy atom. The topological polar surface area (TPSA) is 63.7 Å². The van der Waals surface area contributed by atoms with Gasteiger partial charge in [0.25, 0.3) is 11.8 Å². The van der Waals surface area contributed by atoms with Crippen LogP contribution in [0.3, 0.4) is 0 Å². The van der Waals surface area contributed by atoms with Crippen LogP contribution in [0.15, 0.2) is 47.4 Å². The minimum Gasteiger partial charge on any atom is -0.330 e. The molecule has 128 valence electrons. The summed E-state index contributed by atoms with van der Waals surface area (Å²) < 4.78 is 26.5. The molecule has 0 spiro atoms. The number of thioether (sulfide) groups is 1. The van der Waals surface area contributed by atoms with E-state index in [1.54, 1.807) is 12.1 Å². The minimum atomic E-state index is -0.821. The first-order chi connectivity index (χ1) is 12.0. The van der Waals surface area contributed by atoms with Crippen LogP contribution in [0.5, 0.6) is 0 Å². The summed E-state index contributed by atoms with van der Waals surface area (Å²) in [5, 5.41) is 0.417. The Balaban J connectivity index is 1.56. The van der Waals surface area contributed by atoms with E-state index in [-0.39, 0.29) is 28.2 Å². The van der Waals surface area contributed by atoms with E-state index in [1.807, 2.05) is 0 Å². The van der Waals surface area contributed by atoms with Crippen molar-refractivity contribution in [2.45, 2.75) is 11.3 Å². The average Bonchev–Trinajstić information content (AvgIpc) is 2.83. The predicted octanol–water partition coefficient (Wildman–Crippen LogP) is 3.20. The minimum absolute atomic E-state index is 0.0635. The van der Waals surface area contributed by atoms with E-state index in [9.17, 15) is 23.2 Å². The summed E-state index contributed by atoms with van der Waals surface area (Å²) in [6.07, 6.45) is -0.186. The molecule has 0 saturated carbocycles. The highest BCUT2D eigenvalue weighted by molar-refractivity contribution is 7.99. The van der Waals surface area contributed by atoms with E-state index in [0.29, 0.717) is 5.06 Å². The second kappa shape index (κ2) is 7.02. The third-order valence-electron chi connectivity index (χ3n) is 3.41. The Morgan fingerprint density at radius 2 is 1.68 bits per heavy atom. The molecule has 2 amide bonds. The van der Waals surface area contributed by atoms with Crippen molar-refractivity contribution in [2.24, 2.45) is 0 Å². The second-order valence-corrected chi connectivity index (χ2v) is 6.22. The molecule has 1 aliphatic heterocycles. The molecule has 25 heavy (non-hydrogen) atoms. The zero-order valence-electron chi connectivity index (χ0n) is 12.7. The average molecular weight is 363 g/mol. The van der Waals surface area contributed by atoms with E-state index in [4.69, 9.17) is 4.84 Å². The standard InChI is InChI=1S/C17H11F2NO4S/c18-10-5-6-13(19)14(9-10)25-8-7-15(21)24-20-16(22)11-3-1-2-4-12(11)17(20)23/h1-6,9H,7-8H2. The first kappa shape index (κ1) is 17.1. The van der Waals surface area contributed by atoms with E-state index >= 15 is 0 Å². The fourth-order valence-electron chi connectivity index (χ4n) is 2.23. The fourth-order valence-corrected chi connectivity index (χ4v) is 3.12. The zero-order valence-corrected chi connectivity index (χ0v) is 13.5. The smallest absolute Gasteiger partial charge is 0.330 e. The van der Waals surface area contributed by atoms with Gasteiger partial charge in [-0.2, -0.15) is 0 Å². The molecule has 0 aromatic heterocycles. The molecule has 0 bridgehead atoms. The van der Waals surface area contributed by atoms with Crippen molar-refractivity contribution >= 4 is 29.5 Å². The van der Waals surface area contributed by atoms with Gasteiger partial charge in [-0.1, -0.05) is 17.2 Å². The Hall–Kier alpha value is -2.74. The number of carbonyl (C=O) groups is 3. The van der Waals surface area contributed by atoms with Crippen LogP contribution < -0.4 is 0 Å². The summed E-state index contributed by atoms with van der Waals surface area (Å²) in [6.45, 7) is 0. The lowest BCUT2D eigenvalue weighted by atomic mass is 10.1. The van der Waals surface area contributed by atoms with Gasteiger partial charge in [0.2, 0.25) is 0 Å². The van der Waals surface area contributed by atoms with Crippen molar-refractivity contribution in [1.82, 2.24) is 5.06 Å². The number of amides is 2. The number of imide groups is 1. The maximum absolute atomic E-state index is 13.5. The molecule has 0 aliphatic carbocycles. The van der Waals surface area contributed by atoms with Crippen LogP contribution in [0.2, 0.25) is 0 Å². The van der Waals surface area contributed by atoms with Crippen LogP contribution in [0.1, 0.15) is 27.1 Å². The molecule has 0 saturated heterocycles. The number of hydrogen-bond donors (Lipinski definition) is 0. The predicted molar refractivity (Wildman–Crippen MR) is 84.7 cm³/mol. The van der Waals surface area contributed by atoms with Crippen molar-refractivity contribution in [3.8, 4) is 0 Å². The Labute approximate surface area is 145 Å². The molecule has 1 heterocycles. The molecule has 0 unspecified atom stereocenters. The maximum Gasteiger partial charge on any atom is 0.334 e. The molecule has 0 atom stereocenters. The van der Waals surface area contributed by atoms with Crippen LogP contribution in [0.25, 0.3) is 0 Å². The SMILES string of the molecule is O=C(CCSc1cc(F)ccc1F)ON1C(=O)c2ccccc2C1=O. The van der Waals surface area contributed by atoms with Crippen LogP contribution in [0.4, 0.5) is 8.78 Å². The molecular weight excluding hydrogens is 352 g/mol. The van der Waals surface area contributed by atoms with Gasteiger partial charge in [-0.15, -0.1) is 11.8 Å². The summed E-state index contributed by atoms with van der Waals surface area (Å²) >= 11 is 0.932. The first-order valence-corrected chi connectivity index (χ1v) is 8.22. The molecule has 2 aromatic carbocycles. The van der Waals surface area contributed by atoms with Gasteiger partial charge in [-0.05, 0) is 30.3 Å². The van der Waals surface area contributed by atoms with E-state index < -0.39 is 29.4 Å². The molecule has 1 aliphatic rings.